The Kier molecular flexibility index (Phi) is 5.61. The van der Waals surface area contributed by atoms with Gasteiger partial charge < -0.3 is 9.41 Å². The highest BCUT2D eigenvalue weighted by Gasteiger charge is 2.16. The van der Waals surface area contributed by atoms with E-state index in [4.69, 9.17) is 0 Å². The van der Waals surface area contributed by atoms with Crippen LogP contribution in [0.1, 0.15) is 11.1 Å². The van der Waals surface area contributed by atoms with Crippen molar-refractivity contribution in [2.75, 3.05) is 4.31 Å². The molecule has 0 fully saturated rings. The van der Waals surface area contributed by atoms with Gasteiger partial charge in [-0.1, -0.05) is 36.4 Å². The van der Waals surface area contributed by atoms with Gasteiger partial charge in [-0.05, 0) is 42.1 Å². The number of aromatic hydroxyl groups is 1. The number of hydrogen-bond donors (Lipinski definition) is 1. The van der Waals surface area contributed by atoms with Crippen molar-refractivity contribution < 1.29 is 14.4 Å². The third kappa shape index (κ3) is 4.57. The minimum absolute atomic E-state index is 0.000326. The lowest BCUT2D eigenvalue weighted by atomic mass is 10.2. The fourth-order valence-electron chi connectivity index (χ4n) is 2.50. The molecule has 0 radical (unpaired) electrons. The molecule has 3 aromatic rings. The number of aryl methyl sites for hydroxylation is 1. The van der Waals surface area contributed by atoms with Crippen molar-refractivity contribution >= 4 is 23.3 Å². The fraction of sp³-hybridized carbons (Fsp3) is 0.100. The summed E-state index contributed by atoms with van der Waals surface area (Å²) >= 11 is 1.29. The van der Waals surface area contributed by atoms with Crippen LogP contribution in [0.25, 0.3) is 0 Å². The molecule has 5 nitrogen and oxygen atoms in total. The molecule has 0 unspecified atom stereocenters. The van der Waals surface area contributed by atoms with Crippen molar-refractivity contribution in [1.29, 1.82) is 0 Å². The van der Waals surface area contributed by atoms with Crippen LogP contribution >= 0.6 is 11.9 Å². The molecule has 0 spiro atoms. The predicted octanol–water partition coefficient (Wildman–Crippen LogP) is 5.46. The lowest BCUT2D eigenvalue weighted by Crippen LogP contribution is -2.14. The van der Waals surface area contributed by atoms with Crippen molar-refractivity contribution in [3.05, 3.63) is 93.8 Å². The maximum absolute atomic E-state index is 13.9. The molecular formula is C20H17FN2O3S. The summed E-state index contributed by atoms with van der Waals surface area (Å²) in [5.41, 5.74) is 2.43. The summed E-state index contributed by atoms with van der Waals surface area (Å²) in [6, 6.07) is 18.4. The van der Waals surface area contributed by atoms with Gasteiger partial charge in [0.2, 0.25) is 0 Å². The van der Waals surface area contributed by atoms with Crippen LogP contribution in [0.4, 0.5) is 15.8 Å². The first-order chi connectivity index (χ1) is 12.9. The van der Waals surface area contributed by atoms with Gasteiger partial charge in [0.05, 0.1) is 17.2 Å². The van der Waals surface area contributed by atoms with E-state index in [2.05, 4.69) is 0 Å². The maximum atomic E-state index is 13.9. The Bertz CT molecular complexity index is 967. The number of non-ortho nitro benzene ring substituents is 1. The van der Waals surface area contributed by atoms with E-state index in [1.54, 1.807) is 12.1 Å². The number of hydrogen-bond acceptors (Lipinski definition) is 5. The number of benzene rings is 3. The second kappa shape index (κ2) is 8.09. The molecule has 3 aromatic carbocycles. The Hall–Kier alpha value is -3.06. The van der Waals surface area contributed by atoms with Crippen molar-refractivity contribution in [3.8, 4) is 5.75 Å². The van der Waals surface area contributed by atoms with Crippen LogP contribution in [0.15, 0.2) is 71.6 Å². The van der Waals surface area contributed by atoms with Gasteiger partial charge >= 0.3 is 0 Å². The third-order valence-electron chi connectivity index (χ3n) is 3.98. The Labute approximate surface area is 160 Å². The third-order valence-corrected chi connectivity index (χ3v) is 5.18. The molecule has 3 rings (SSSR count). The van der Waals surface area contributed by atoms with E-state index in [1.165, 1.54) is 36.2 Å². The van der Waals surface area contributed by atoms with Gasteiger partial charge in [0.1, 0.15) is 0 Å². The summed E-state index contributed by atoms with van der Waals surface area (Å²) in [4.78, 5) is 11.4. The first kappa shape index (κ1) is 18.7. The molecule has 27 heavy (non-hydrogen) atoms. The number of rotatable bonds is 6. The molecule has 0 saturated heterocycles. The van der Waals surface area contributed by atoms with Crippen LogP contribution in [-0.2, 0) is 6.54 Å². The topological polar surface area (TPSA) is 66.6 Å². The smallest absolute Gasteiger partial charge is 0.270 e. The SMILES string of the molecule is Cc1ccc([N+](=O)[O-])cc1SN(Cc1ccccc1)c1ccc(O)c(F)c1. The van der Waals surface area contributed by atoms with E-state index >= 15 is 0 Å². The monoisotopic (exact) mass is 384 g/mol. The van der Waals surface area contributed by atoms with Gasteiger partial charge in [-0.15, -0.1) is 0 Å². The molecule has 7 heteroatoms. The summed E-state index contributed by atoms with van der Waals surface area (Å²) in [6.07, 6.45) is 0. The van der Waals surface area contributed by atoms with Gasteiger partial charge in [-0.3, -0.25) is 10.1 Å². The number of nitro groups is 1. The average Bonchev–Trinajstić information content (AvgIpc) is 2.65. The first-order valence-electron chi connectivity index (χ1n) is 8.17. The molecule has 0 bridgehead atoms. The highest BCUT2D eigenvalue weighted by atomic mass is 32.2. The molecule has 0 heterocycles. The van der Waals surface area contributed by atoms with Crippen LogP contribution in [-0.4, -0.2) is 10.0 Å². The molecule has 0 saturated carbocycles. The summed E-state index contributed by atoms with van der Waals surface area (Å²) in [6.45, 7) is 2.32. The Morgan fingerprint density at radius 3 is 2.52 bits per heavy atom. The molecule has 0 aliphatic heterocycles. The van der Waals surface area contributed by atoms with Gasteiger partial charge in [0.25, 0.3) is 5.69 Å². The zero-order chi connectivity index (χ0) is 19.4. The summed E-state index contributed by atoms with van der Waals surface area (Å²) in [5.74, 6) is -1.14. The molecule has 1 N–H and O–H groups in total. The normalized spacial score (nSPS) is 10.6. The zero-order valence-corrected chi connectivity index (χ0v) is 15.3. The predicted molar refractivity (Wildman–Crippen MR) is 104 cm³/mol. The van der Waals surface area contributed by atoms with Crippen LogP contribution in [0, 0.1) is 22.9 Å². The highest BCUT2D eigenvalue weighted by Crippen LogP contribution is 2.35. The van der Waals surface area contributed by atoms with Gasteiger partial charge in [0, 0.05) is 23.1 Å². The number of nitrogens with zero attached hydrogens (tertiary/aromatic N) is 2. The fourth-order valence-corrected chi connectivity index (χ4v) is 3.55. The van der Waals surface area contributed by atoms with Gasteiger partial charge in [0.15, 0.2) is 11.6 Å². The quantitative estimate of drug-likeness (QED) is 0.347. The van der Waals surface area contributed by atoms with Crippen molar-refractivity contribution in [3.63, 3.8) is 0 Å². The minimum Gasteiger partial charge on any atom is -0.505 e. The molecular weight excluding hydrogens is 367 g/mol. The van der Waals surface area contributed by atoms with E-state index in [0.29, 0.717) is 17.1 Å². The Balaban J connectivity index is 1.98. The molecule has 0 aliphatic rings. The van der Waals surface area contributed by atoms with E-state index in [-0.39, 0.29) is 5.69 Å². The number of anilines is 1. The van der Waals surface area contributed by atoms with Gasteiger partial charge in [-0.25, -0.2) is 4.39 Å². The lowest BCUT2D eigenvalue weighted by molar-refractivity contribution is -0.385. The maximum Gasteiger partial charge on any atom is 0.270 e. The zero-order valence-electron chi connectivity index (χ0n) is 14.5. The Morgan fingerprint density at radius 1 is 1.11 bits per heavy atom. The van der Waals surface area contributed by atoms with Crippen LogP contribution in [0.5, 0.6) is 5.75 Å². The second-order valence-electron chi connectivity index (χ2n) is 5.96. The first-order valence-corrected chi connectivity index (χ1v) is 8.94. The van der Waals surface area contributed by atoms with E-state index in [1.807, 2.05) is 41.6 Å². The average molecular weight is 384 g/mol. The number of nitro benzene ring substituents is 1. The highest BCUT2D eigenvalue weighted by molar-refractivity contribution is 8.00. The summed E-state index contributed by atoms with van der Waals surface area (Å²) in [5, 5.41) is 20.6. The molecule has 0 aliphatic carbocycles. The van der Waals surface area contributed by atoms with Crippen LogP contribution in [0.2, 0.25) is 0 Å². The number of phenols is 1. The summed E-state index contributed by atoms with van der Waals surface area (Å²) in [7, 11) is 0. The lowest BCUT2D eigenvalue weighted by Gasteiger charge is -2.24. The summed E-state index contributed by atoms with van der Waals surface area (Å²) < 4.78 is 15.7. The van der Waals surface area contributed by atoms with Crippen molar-refractivity contribution in [1.82, 2.24) is 0 Å². The molecule has 0 amide bonds. The number of phenolic OH excluding ortho intramolecular Hbond substituents is 1. The van der Waals surface area contributed by atoms with E-state index in [9.17, 15) is 19.6 Å². The van der Waals surface area contributed by atoms with Crippen LogP contribution in [0.3, 0.4) is 0 Å². The van der Waals surface area contributed by atoms with Crippen LogP contribution < -0.4 is 4.31 Å². The van der Waals surface area contributed by atoms with Gasteiger partial charge in [-0.2, -0.15) is 0 Å². The van der Waals surface area contributed by atoms with E-state index in [0.717, 1.165) is 11.1 Å². The van der Waals surface area contributed by atoms with Crippen molar-refractivity contribution in [2.45, 2.75) is 18.4 Å². The molecule has 138 valence electrons. The minimum atomic E-state index is -0.720. The van der Waals surface area contributed by atoms with Crippen molar-refractivity contribution in [2.24, 2.45) is 0 Å². The standard InChI is InChI=1S/C20H17FN2O3S/c1-14-7-8-17(23(25)26)12-20(14)27-22(13-15-5-3-2-4-6-15)16-9-10-19(24)18(21)11-16/h2-12,24H,13H2,1H3. The number of halogens is 1. The second-order valence-corrected chi connectivity index (χ2v) is 7.02. The Morgan fingerprint density at radius 2 is 1.85 bits per heavy atom. The molecule has 0 aromatic heterocycles. The molecule has 0 atom stereocenters. The van der Waals surface area contributed by atoms with E-state index < -0.39 is 16.5 Å². The largest absolute Gasteiger partial charge is 0.505 e.